The van der Waals surface area contributed by atoms with Gasteiger partial charge in [-0.2, -0.15) is 0 Å². The third-order valence-corrected chi connectivity index (χ3v) is 6.16. The summed E-state index contributed by atoms with van der Waals surface area (Å²) in [6.45, 7) is 0.520. The first-order valence-electron chi connectivity index (χ1n) is 10.4. The van der Waals surface area contributed by atoms with Gasteiger partial charge in [0.25, 0.3) is 0 Å². The van der Waals surface area contributed by atoms with E-state index in [9.17, 15) is 14.4 Å². The first-order valence-corrected chi connectivity index (χ1v) is 13.4. The molecule has 180 valence electrons. The van der Waals surface area contributed by atoms with Gasteiger partial charge in [0.2, 0.25) is 0 Å². The lowest BCUT2D eigenvalue weighted by Gasteiger charge is -2.30. The van der Waals surface area contributed by atoms with Gasteiger partial charge in [0.15, 0.2) is 0 Å². The van der Waals surface area contributed by atoms with Crippen LogP contribution >= 0.6 is 10.0 Å². The normalized spacial score (nSPS) is 22.9. The Kier molecular flexibility index (Phi) is 11.0. The topological polar surface area (TPSA) is 97.4 Å². The lowest BCUT2D eigenvalue weighted by molar-refractivity contribution is 0.0698. The molecule has 0 bridgehead atoms. The third-order valence-electron chi connectivity index (χ3n) is 4.77. The summed E-state index contributed by atoms with van der Waals surface area (Å²) in [6.07, 6.45) is 10.2. The Balaban J connectivity index is 2.78. The molecule has 0 fully saturated rings. The van der Waals surface area contributed by atoms with E-state index in [1.165, 1.54) is 9.80 Å². The van der Waals surface area contributed by atoms with Crippen molar-refractivity contribution in [2.75, 3.05) is 65.9 Å². The molecule has 3 atom stereocenters. The second-order valence-electron chi connectivity index (χ2n) is 8.97. The van der Waals surface area contributed by atoms with Crippen LogP contribution in [0.2, 0.25) is 0 Å². The summed E-state index contributed by atoms with van der Waals surface area (Å²) >= 11 is 0. The first-order chi connectivity index (χ1) is 14.4. The van der Waals surface area contributed by atoms with E-state index in [1.807, 2.05) is 12.2 Å². The highest BCUT2D eigenvalue weighted by atomic mass is 32.3. The van der Waals surface area contributed by atoms with Crippen LogP contribution < -0.4 is 5.32 Å². The van der Waals surface area contributed by atoms with E-state index in [1.54, 1.807) is 28.2 Å². The fraction of sp³-hybridized carbons (Fsp3) is 0.762. The number of carbonyl (C=O) groups excluding carboxylic acids is 3. The summed E-state index contributed by atoms with van der Waals surface area (Å²) in [5.41, 5.74) is 0. The molecule has 31 heavy (non-hydrogen) atoms. The number of alkyl carbamates (subject to hydrolysis) is 1. The summed E-state index contributed by atoms with van der Waals surface area (Å²) in [5, 5.41) is 2.93. The van der Waals surface area contributed by atoms with Gasteiger partial charge in [-0.3, -0.25) is 0 Å². The molecule has 1 aliphatic rings. The summed E-state index contributed by atoms with van der Waals surface area (Å²) in [6, 6.07) is -0.258. The van der Waals surface area contributed by atoms with Gasteiger partial charge >= 0.3 is 18.3 Å². The maximum Gasteiger partial charge on any atom is 0.409 e. The third kappa shape index (κ3) is 11.2. The average Bonchev–Trinajstić information content (AvgIpc) is 2.63. The SMILES string of the molecule is CN(C)C(=O)OC[C@@H]1CC[C@@H](OC(=O)N(C)C)/C=C/C[C@@H]1NC(=O)OCCS(C)(C)C. The van der Waals surface area contributed by atoms with Gasteiger partial charge in [-0.15, -0.1) is 0 Å². The van der Waals surface area contributed by atoms with Crippen molar-refractivity contribution in [1.82, 2.24) is 15.1 Å². The van der Waals surface area contributed by atoms with Crippen LogP contribution in [0.1, 0.15) is 19.3 Å². The smallest absolute Gasteiger partial charge is 0.409 e. The maximum absolute atomic E-state index is 12.3. The van der Waals surface area contributed by atoms with Crippen molar-refractivity contribution in [3.8, 4) is 0 Å². The Morgan fingerprint density at radius 3 is 2.23 bits per heavy atom. The molecule has 0 spiro atoms. The molecule has 1 rings (SSSR count). The highest BCUT2D eigenvalue weighted by Gasteiger charge is 2.28. The van der Waals surface area contributed by atoms with Gasteiger partial charge in [0, 0.05) is 45.9 Å². The molecule has 0 heterocycles. The average molecular weight is 462 g/mol. The standard InChI is InChI=1S/C21H39N3O6S/c1-23(2)20(26)29-15-16-11-12-17(30-21(27)24(3)4)9-8-10-18(16)22-19(25)28-13-14-31(5,6)7/h8-9,16-18H,10-15H2,1-7H3,(H,22,25)/b9-8+/t16-,17-,18-/m0/s1. The Bertz CT molecular complexity index is 633. The maximum atomic E-state index is 12.3. The Labute approximate surface area is 187 Å². The van der Waals surface area contributed by atoms with Crippen molar-refractivity contribution in [1.29, 1.82) is 0 Å². The molecule has 0 aromatic rings. The molecular formula is C21H39N3O6S. The van der Waals surface area contributed by atoms with Crippen LogP contribution in [0.15, 0.2) is 12.2 Å². The second-order valence-corrected chi connectivity index (χ2v) is 13.6. The largest absolute Gasteiger partial charge is 0.449 e. The van der Waals surface area contributed by atoms with Crippen molar-refractivity contribution >= 4 is 28.3 Å². The van der Waals surface area contributed by atoms with Gasteiger partial charge in [-0.25, -0.2) is 24.4 Å². The summed E-state index contributed by atoms with van der Waals surface area (Å²) < 4.78 is 16.2. The first kappa shape index (κ1) is 26.9. The molecule has 0 aromatic carbocycles. The number of hydrogen-bond acceptors (Lipinski definition) is 6. The Hall–Kier alpha value is -2.10. The van der Waals surface area contributed by atoms with Crippen molar-refractivity contribution in [3.05, 3.63) is 12.2 Å². The van der Waals surface area contributed by atoms with Crippen LogP contribution in [-0.2, 0) is 14.2 Å². The van der Waals surface area contributed by atoms with E-state index in [0.29, 0.717) is 25.9 Å². The number of hydrogen-bond donors (Lipinski definition) is 1. The molecule has 1 N–H and O–H groups in total. The number of amides is 3. The van der Waals surface area contributed by atoms with E-state index >= 15 is 0 Å². The van der Waals surface area contributed by atoms with Crippen LogP contribution in [0.25, 0.3) is 0 Å². The monoisotopic (exact) mass is 461 g/mol. The van der Waals surface area contributed by atoms with Crippen molar-refractivity contribution in [2.45, 2.75) is 31.4 Å². The molecule has 1 aliphatic carbocycles. The minimum Gasteiger partial charge on any atom is -0.449 e. The predicted molar refractivity (Wildman–Crippen MR) is 124 cm³/mol. The molecule has 10 heteroatoms. The number of carbonyl (C=O) groups is 3. The fourth-order valence-electron chi connectivity index (χ4n) is 2.84. The van der Waals surface area contributed by atoms with Crippen LogP contribution in [0.5, 0.6) is 0 Å². The minimum absolute atomic E-state index is 0.143. The fourth-order valence-corrected chi connectivity index (χ4v) is 3.42. The lowest BCUT2D eigenvalue weighted by Crippen LogP contribution is -2.44. The van der Waals surface area contributed by atoms with E-state index < -0.39 is 28.3 Å². The molecule has 0 aromatic heterocycles. The molecule has 0 saturated carbocycles. The van der Waals surface area contributed by atoms with E-state index in [-0.39, 0.29) is 24.7 Å². The highest BCUT2D eigenvalue weighted by Crippen LogP contribution is 2.33. The molecule has 3 amide bonds. The number of ether oxygens (including phenoxy) is 3. The second kappa shape index (κ2) is 12.7. The highest BCUT2D eigenvalue weighted by molar-refractivity contribution is 8.32. The van der Waals surface area contributed by atoms with Gasteiger partial charge in [0.05, 0.1) is 6.61 Å². The van der Waals surface area contributed by atoms with Gasteiger partial charge < -0.3 is 29.3 Å². The minimum atomic E-state index is -0.746. The van der Waals surface area contributed by atoms with Crippen molar-refractivity contribution < 1.29 is 28.6 Å². The van der Waals surface area contributed by atoms with E-state index in [2.05, 4.69) is 24.1 Å². The van der Waals surface area contributed by atoms with Crippen molar-refractivity contribution in [2.24, 2.45) is 5.92 Å². The van der Waals surface area contributed by atoms with Crippen LogP contribution in [0, 0.1) is 5.92 Å². The van der Waals surface area contributed by atoms with E-state index in [0.717, 1.165) is 5.75 Å². The Morgan fingerprint density at radius 2 is 1.65 bits per heavy atom. The van der Waals surface area contributed by atoms with Crippen LogP contribution in [0.4, 0.5) is 14.4 Å². The zero-order valence-corrected chi connectivity index (χ0v) is 20.7. The Morgan fingerprint density at radius 1 is 1.00 bits per heavy atom. The molecular weight excluding hydrogens is 422 g/mol. The molecule has 0 radical (unpaired) electrons. The summed E-state index contributed by atoms with van der Waals surface area (Å²) in [5.74, 6) is 0.698. The quantitative estimate of drug-likeness (QED) is 0.462. The van der Waals surface area contributed by atoms with Crippen LogP contribution in [-0.4, -0.2) is 106 Å². The molecule has 0 saturated heterocycles. The summed E-state index contributed by atoms with van der Waals surface area (Å²) in [4.78, 5) is 38.8. The van der Waals surface area contributed by atoms with Gasteiger partial charge in [0.1, 0.15) is 12.7 Å². The number of rotatable bonds is 7. The molecule has 0 aliphatic heterocycles. The molecule has 0 unspecified atom stereocenters. The van der Waals surface area contributed by atoms with E-state index in [4.69, 9.17) is 14.2 Å². The molecule has 9 nitrogen and oxygen atoms in total. The van der Waals surface area contributed by atoms with Gasteiger partial charge in [-0.05, 0) is 44.1 Å². The lowest BCUT2D eigenvalue weighted by atomic mass is 9.89. The van der Waals surface area contributed by atoms with Crippen LogP contribution in [0.3, 0.4) is 0 Å². The zero-order valence-electron chi connectivity index (χ0n) is 19.9. The van der Waals surface area contributed by atoms with Gasteiger partial charge in [-0.1, -0.05) is 6.08 Å². The number of nitrogens with zero attached hydrogens (tertiary/aromatic N) is 2. The predicted octanol–water partition coefficient (Wildman–Crippen LogP) is 2.90. The summed E-state index contributed by atoms with van der Waals surface area (Å²) in [7, 11) is 5.74. The number of nitrogens with one attached hydrogen (secondary N) is 1. The van der Waals surface area contributed by atoms with Crippen molar-refractivity contribution in [3.63, 3.8) is 0 Å². The zero-order chi connectivity index (χ0) is 23.6.